The van der Waals surface area contributed by atoms with Crippen molar-refractivity contribution in [1.29, 1.82) is 0 Å². The Morgan fingerprint density at radius 1 is 1.12 bits per heavy atom. The van der Waals surface area contributed by atoms with Gasteiger partial charge in [-0.15, -0.1) is 0 Å². The van der Waals surface area contributed by atoms with Crippen LogP contribution in [0.4, 0.5) is 5.82 Å². The van der Waals surface area contributed by atoms with E-state index in [-0.39, 0.29) is 5.91 Å². The molecule has 1 aromatic carbocycles. The van der Waals surface area contributed by atoms with Gasteiger partial charge in [-0.2, -0.15) is 0 Å². The lowest BCUT2D eigenvalue weighted by Crippen LogP contribution is -2.38. The van der Waals surface area contributed by atoms with Crippen molar-refractivity contribution in [2.75, 3.05) is 37.7 Å². The van der Waals surface area contributed by atoms with Crippen LogP contribution in [-0.2, 0) is 11.2 Å². The Bertz CT molecular complexity index is 655. The lowest BCUT2D eigenvalue weighted by molar-refractivity contribution is 0.0951. The monoisotopic (exact) mass is 325 g/mol. The van der Waals surface area contributed by atoms with E-state index >= 15 is 0 Å². The van der Waals surface area contributed by atoms with Crippen LogP contribution in [0.3, 0.4) is 0 Å². The standard InChI is InChI=1S/C19H23N3O2/c23-19(21-11-4-8-16-6-2-1-3-7-16)17-9-5-10-20-18(17)22-12-14-24-15-13-22/h1-3,5-7,9-10H,4,8,11-15H2,(H,21,23). The highest BCUT2D eigenvalue weighted by Gasteiger charge is 2.19. The number of nitrogens with zero attached hydrogens (tertiary/aromatic N) is 2. The summed E-state index contributed by atoms with van der Waals surface area (Å²) in [5.74, 6) is 0.694. The second kappa shape index (κ2) is 8.45. The van der Waals surface area contributed by atoms with E-state index in [2.05, 4.69) is 27.3 Å². The van der Waals surface area contributed by atoms with Gasteiger partial charge in [-0.3, -0.25) is 4.79 Å². The van der Waals surface area contributed by atoms with Gasteiger partial charge in [0.25, 0.3) is 5.91 Å². The summed E-state index contributed by atoms with van der Waals surface area (Å²) in [7, 11) is 0. The maximum Gasteiger partial charge on any atom is 0.255 e. The minimum atomic E-state index is -0.0577. The van der Waals surface area contributed by atoms with Crippen molar-refractivity contribution in [2.24, 2.45) is 0 Å². The highest BCUT2D eigenvalue weighted by molar-refractivity contribution is 5.98. The van der Waals surface area contributed by atoms with Crippen LogP contribution in [0.2, 0.25) is 0 Å². The predicted molar refractivity (Wildman–Crippen MR) is 94.4 cm³/mol. The van der Waals surface area contributed by atoms with Crippen molar-refractivity contribution >= 4 is 11.7 Å². The van der Waals surface area contributed by atoms with Crippen molar-refractivity contribution in [3.05, 3.63) is 59.8 Å². The fourth-order valence-electron chi connectivity index (χ4n) is 2.84. The second-order valence-electron chi connectivity index (χ2n) is 5.82. The number of amides is 1. The van der Waals surface area contributed by atoms with Gasteiger partial charge in [0.05, 0.1) is 18.8 Å². The normalized spacial score (nSPS) is 14.4. The largest absolute Gasteiger partial charge is 0.378 e. The number of morpholine rings is 1. The number of ether oxygens (including phenoxy) is 1. The maximum atomic E-state index is 12.5. The average molecular weight is 325 g/mol. The van der Waals surface area contributed by atoms with Gasteiger partial charge in [0.15, 0.2) is 0 Å². The summed E-state index contributed by atoms with van der Waals surface area (Å²) in [5, 5.41) is 3.01. The second-order valence-corrected chi connectivity index (χ2v) is 5.82. The van der Waals surface area contributed by atoms with Crippen molar-refractivity contribution in [1.82, 2.24) is 10.3 Å². The number of nitrogens with one attached hydrogen (secondary N) is 1. The number of carbonyl (C=O) groups is 1. The van der Waals surface area contributed by atoms with Crippen molar-refractivity contribution in [2.45, 2.75) is 12.8 Å². The molecule has 0 aliphatic carbocycles. The predicted octanol–water partition coefficient (Wildman–Crippen LogP) is 2.28. The molecule has 1 fully saturated rings. The van der Waals surface area contributed by atoms with Crippen LogP contribution < -0.4 is 10.2 Å². The van der Waals surface area contributed by atoms with E-state index in [1.54, 1.807) is 6.20 Å². The first-order valence-electron chi connectivity index (χ1n) is 8.44. The molecule has 24 heavy (non-hydrogen) atoms. The van der Waals surface area contributed by atoms with Crippen LogP contribution in [0.5, 0.6) is 0 Å². The van der Waals surface area contributed by atoms with Crippen LogP contribution in [0.1, 0.15) is 22.3 Å². The molecule has 0 spiro atoms. The number of carbonyl (C=O) groups excluding carboxylic acids is 1. The quantitative estimate of drug-likeness (QED) is 0.828. The summed E-state index contributed by atoms with van der Waals surface area (Å²) in [6.45, 7) is 3.55. The van der Waals surface area contributed by atoms with Crippen molar-refractivity contribution in [3.8, 4) is 0 Å². The van der Waals surface area contributed by atoms with E-state index in [4.69, 9.17) is 4.74 Å². The Morgan fingerprint density at radius 3 is 2.71 bits per heavy atom. The van der Waals surface area contributed by atoms with Gasteiger partial charge in [0.2, 0.25) is 0 Å². The third kappa shape index (κ3) is 4.32. The third-order valence-corrected chi connectivity index (χ3v) is 4.11. The molecular formula is C19H23N3O2. The molecule has 0 radical (unpaired) electrons. The van der Waals surface area contributed by atoms with Crippen molar-refractivity contribution < 1.29 is 9.53 Å². The molecule has 1 aliphatic rings. The summed E-state index contributed by atoms with van der Waals surface area (Å²) >= 11 is 0. The first-order chi connectivity index (χ1) is 11.8. The number of aryl methyl sites for hydroxylation is 1. The van der Waals surface area contributed by atoms with E-state index in [0.717, 1.165) is 31.7 Å². The van der Waals surface area contributed by atoms with Crippen LogP contribution in [0.15, 0.2) is 48.7 Å². The highest BCUT2D eigenvalue weighted by atomic mass is 16.5. The van der Waals surface area contributed by atoms with Crippen LogP contribution >= 0.6 is 0 Å². The van der Waals surface area contributed by atoms with Gasteiger partial charge in [0.1, 0.15) is 5.82 Å². The molecular weight excluding hydrogens is 302 g/mol. The molecule has 1 aliphatic heterocycles. The van der Waals surface area contributed by atoms with E-state index in [1.165, 1.54) is 5.56 Å². The summed E-state index contributed by atoms with van der Waals surface area (Å²) in [6.07, 6.45) is 3.62. The van der Waals surface area contributed by atoms with Gasteiger partial charge in [0, 0.05) is 25.8 Å². The minimum absolute atomic E-state index is 0.0577. The number of anilines is 1. The van der Waals surface area contributed by atoms with E-state index < -0.39 is 0 Å². The molecule has 0 saturated carbocycles. The minimum Gasteiger partial charge on any atom is -0.378 e. The first-order valence-corrected chi connectivity index (χ1v) is 8.44. The molecule has 0 atom stereocenters. The van der Waals surface area contributed by atoms with Gasteiger partial charge < -0.3 is 15.0 Å². The number of benzene rings is 1. The summed E-state index contributed by atoms with van der Waals surface area (Å²) in [5.41, 5.74) is 1.93. The Labute approximate surface area is 142 Å². The fourth-order valence-corrected chi connectivity index (χ4v) is 2.84. The average Bonchev–Trinajstić information content (AvgIpc) is 2.66. The summed E-state index contributed by atoms with van der Waals surface area (Å²) in [6, 6.07) is 14.0. The molecule has 3 rings (SSSR count). The zero-order valence-corrected chi connectivity index (χ0v) is 13.8. The molecule has 2 heterocycles. The van der Waals surface area contributed by atoms with Crippen LogP contribution in [-0.4, -0.2) is 43.7 Å². The van der Waals surface area contributed by atoms with Gasteiger partial charge in [-0.25, -0.2) is 4.98 Å². The van der Waals surface area contributed by atoms with Crippen molar-refractivity contribution in [3.63, 3.8) is 0 Å². The van der Waals surface area contributed by atoms with E-state index in [1.807, 2.05) is 30.3 Å². The van der Waals surface area contributed by atoms with E-state index in [0.29, 0.717) is 25.3 Å². The molecule has 5 nitrogen and oxygen atoms in total. The molecule has 1 N–H and O–H groups in total. The Hall–Kier alpha value is -2.40. The van der Waals surface area contributed by atoms with Gasteiger partial charge in [-0.1, -0.05) is 30.3 Å². The number of pyridine rings is 1. The zero-order chi connectivity index (χ0) is 16.6. The lowest BCUT2D eigenvalue weighted by Gasteiger charge is -2.29. The van der Waals surface area contributed by atoms with E-state index in [9.17, 15) is 4.79 Å². The Kier molecular flexibility index (Phi) is 5.80. The first kappa shape index (κ1) is 16.5. The molecule has 5 heteroatoms. The Balaban J connectivity index is 1.55. The van der Waals surface area contributed by atoms with Gasteiger partial charge >= 0.3 is 0 Å². The Morgan fingerprint density at radius 2 is 1.92 bits per heavy atom. The zero-order valence-electron chi connectivity index (χ0n) is 13.8. The maximum absolute atomic E-state index is 12.5. The SMILES string of the molecule is O=C(NCCCc1ccccc1)c1cccnc1N1CCOCC1. The summed E-state index contributed by atoms with van der Waals surface area (Å²) in [4.78, 5) is 19.0. The molecule has 0 unspecified atom stereocenters. The molecule has 1 amide bonds. The molecule has 2 aromatic rings. The summed E-state index contributed by atoms with van der Waals surface area (Å²) < 4.78 is 5.37. The number of hydrogen-bond donors (Lipinski definition) is 1. The fraction of sp³-hybridized carbons (Fsp3) is 0.368. The lowest BCUT2D eigenvalue weighted by atomic mass is 10.1. The van der Waals surface area contributed by atoms with Crippen LogP contribution in [0, 0.1) is 0 Å². The topological polar surface area (TPSA) is 54.5 Å². The van der Waals surface area contributed by atoms with Gasteiger partial charge in [-0.05, 0) is 30.5 Å². The number of rotatable bonds is 6. The molecule has 126 valence electrons. The molecule has 1 aromatic heterocycles. The smallest absolute Gasteiger partial charge is 0.255 e. The number of hydrogen-bond acceptors (Lipinski definition) is 4. The highest BCUT2D eigenvalue weighted by Crippen LogP contribution is 2.18. The third-order valence-electron chi connectivity index (χ3n) is 4.11. The van der Waals surface area contributed by atoms with Crippen LogP contribution in [0.25, 0.3) is 0 Å². The molecule has 1 saturated heterocycles. The number of aromatic nitrogens is 1. The molecule has 0 bridgehead atoms.